The van der Waals surface area contributed by atoms with Crippen molar-refractivity contribution < 1.29 is 4.74 Å². The molecule has 17 heavy (non-hydrogen) atoms. The fourth-order valence-electron chi connectivity index (χ4n) is 1.41. The van der Waals surface area contributed by atoms with Crippen molar-refractivity contribution in [3.05, 3.63) is 52.5 Å². The Bertz CT molecular complexity index is 505. The van der Waals surface area contributed by atoms with Crippen molar-refractivity contribution in [2.24, 2.45) is 5.73 Å². The van der Waals surface area contributed by atoms with Gasteiger partial charge in [0.25, 0.3) is 0 Å². The third kappa shape index (κ3) is 3.25. The third-order valence-electron chi connectivity index (χ3n) is 2.26. The first-order valence-corrected chi connectivity index (χ1v) is 5.95. The van der Waals surface area contributed by atoms with Gasteiger partial charge < -0.3 is 10.5 Å². The molecule has 0 saturated carbocycles. The third-order valence-corrected chi connectivity index (χ3v) is 2.69. The zero-order chi connectivity index (χ0) is 12.1. The van der Waals surface area contributed by atoms with Gasteiger partial charge in [0, 0.05) is 23.4 Å². The Labute approximate surface area is 108 Å². The van der Waals surface area contributed by atoms with Crippen LogP contribution < -0.4 is 10.5 Å². The molecule has 2 N–H and O–H groups in total. The van der Waals surface area contributed by atoms with E-state index in [1.807, 2.05) is 18.2 Å². The lowest BCUT2D eigenvalue weighted by atomic mass is 10.2. The monoisotopic (exact) mass is 293 g/mol. The number of rotatable bonds is 4. The van der Waals surface area contributed by atoms with Crippen molar-refractivity contribution >= 4 is 15.9 Å². The summed E-state index contributed by atoms with van der Waals surface area (Å²) in [5.74, 6) is 0.702. The molecule has 0 aliphatic carbocycles. The molecule has 2 rings (SSSR count). The molecule has 0 saturated heterocycles. The Kier molecular flexibility index (Phi) is 4.06. The quantitative estimate of drug-likeness (QED) is 0.939. The summed E-state index contributed by atoms with van der Waals surface area (Å²) in [6.45, 7) is 0.856. The lowest BCUT2D eigenvalue weighted by Crippen LogP contribution is -2.06. The van der Waals surface area contributed by atoms with E-state index in [9.17, 15) is 0 Å². The molecule has 0 radical (unpaired) electrons. The molecule has 2 aromatic rings. The van der Waals surface area contributed by atoms with E-state index in [0.717, 1.165) is 15.7 Å². The first kappa shape index (κ1) is 12.0. The summed E-state index contributed by atoms with van der Waals surface area (Å²) in [5, 5.41) is 0. The predicted molar refractivity (Wildman–Crippen MR) is 68.4 cm³/mol. The lowest BCUT2D eigenvalue weighted by molar-refractivity contribution is 0.298. The highest BCUT2D eigenvalue weighted by Crippen LogP contribution is 2.17. The summed E-state index contributed by atoms with van der Waals surface area (Å²) in [4.78, 5) is 8.27. The van der Waals surface area contributed by atoms with E-state index in [1.165, 1.54) is 0 Å². The van der Waals surface area contributed by atoms with Crippen LogP contribution in [0.15, 0.2) is 41.3 Å². The van der Waals surface area contributed by atoms with E-state index >= 15 is 0 Å². The van der Waals surface area contributed by atoms with Gasteiger partial charge in [-0.25, -0.2) is 0 Å². The topological polar surface area (TPSA) is 61.0 Å². The van der Waals surface area contributed by atoms with Gasteiger partial charge in [-0.3, -0.25) is 9.97 Å². The SMILES string of the molecule is NCc1cccnc1COc1cncc(Br)c1. The number of aromatic nitrogens is 2. The fourth-order valence-corrected chi connectivity index (χ4v) is 1.75. The largest absolute Gasteiger partial charge is 0.486 e. The van der Waals surface area contributed by atoms with Crippen LogP contribution in [0.25, 0.3) is 0 Å². The van der Waals surface area contributed by atoms with E-state index in [1.54, 1.807) is 18.6 Å². The maximum Gasteiger partial charge on any atom is 0.139 e. The molecule has 5 heteroatoms. The molecule has 0 spiro atoms. The zero-order valence-electron chi connectivity index (χ0n) is 9.14. The van der Waals surface area contributed by atoms with Gasteiger partial charge in [-0.2, -0.15) is 0 Å². The van der Waals surface area contributed by atoms with E-state index < -0.39 is 0 Å². The van der Waals surface area contributed by atoms with E-state index in [0.29, 0.717) is 18.9 Å². The number of hydrogen-bond acceptors (Lipinski definition) is 4. The predicted octanol–water partition coefficient (Wildman–Crippen LogP) is 2.28. The Morgan fingerprint density at radius 3 is 3.00 bits per heavy atom. The van der Waals surface area contributed by atoms with Gasteiger partial charge in [0.2, 0.25) is 0 Å². The number of halogens is 1. The van der Waals surface area contributed by atoms with Crippen molar-refractivity contribution in [1.29, 1.82) is 0 Å². The lowest BCUT2D eigenvalue weighted by Gasteiger charge is -2.08. The average molecular weight is 294 g/mol. The highest BCUT2D eigenvalue weighted by atomic mass is 79.9. The van der Waals surface area contributed by atoms with Crippen LogP contribution in [0.3, 0.4) is 0 Å². The number of ether oxygens (including phenoxy) is 1. The summed E-state index contributed by atoms with van der Waals surface area (Å²) < 4.78 is 6.49. The molecule has 0 unspecified atom stereocenters. The Morgan fingerprint density at radius 1 is 1.35 bits per heavy atom. The van der Waals surface area contributed by atoms with Crippen LogP contribution in [0, 0.1) is 0 Å². The molecular formula is C12H12BrN3O. The molecule has 4 nitrogen and oxygen atoms in total. The van der Waals surface area contributed by atoms with Crippen molar-refractivity contribution in [1.82, 2.24) is 9.97 Å². The highest BCUT2D eigenvalue weighted by Gasteiger charge is 2.03. The number of hydrogen-bond donors (Lipinski definition) is 1. The van der Waals surface area contributed by atoms with E-state index in [-0.39, 0.29) is 0 Å². The smallest absolute Gasteiger partial charge is 0.139 e. The average Bonchev–Trinajstić information content (AvgIpc) is 2.37. The van der Waals surface area contributed by atoms with E-state index in [4.69, 9.17) is 10.5 Å². The van der Waals surface area contributed by atoms with Crippen LogP contribution in [0.2, 0.25) is 0 Å². The fraction of sp³-hybridized carbons (Fsp3) is 0.167. The Hall–Kier alpha value is -1.46. The van der Waals surface area contributed by atoms with Crippen LogP contribution in [-0.4, -0.2) is 9.97 Å². The molecule has 0 bridgehead atoms. The van der Waals surface area contributed by atoms with E-state index in [2.05, 4.69) is 25.9 Å². The molecule has 88 valence electrons. The van der Waals surface area contributed by atoms with Crippen molar-refractivity contribution in [2.45, 2.75) is 13.2 Å². The normalized spacial score (nSPS) is 10.2. The van der Waals surface area contributed by atoms with Gasteiger partial charge in [-0.15, -0.1) is 0 Å². The minimum absolute atomic E-state index is 0.394. The molecule has 0 aliphatic rings. The summed E-state index contributed by atoms with van der Waals surface area (Å²) in [5.41, 5.74) is 7.48. The van der Waals surface area contributed by atoms with Crippen molar-refractivity contribution in [2.75, 3.05) is 0 Å². The summed E-state index contributed by atoms with van der Waals surface area (Å²) >= 11 is 3.34. The zero-order valence-corrected chi connectivity index (χ0v) is 10.7. The Balaban J connectivity index is 2.07. The minimum Gasteiger partial charge on any atom is -0.486 e. The second-order valence-electron chi connectivity index (χ2n) is 3.44. The van der Waals surface area contributed by atoms with Crippen molar-refractivity contribution in [3.63, 3.8) is 0 Å². The molecule has 0 fully saturated rings. The van der Waals surface area contributed by atoms with Gasteiger partial charge in [0.15, 0.2) is 0 Å². The molecular weight excluding hydrogens is 282 g/mol. The number of nitrogens with zero attached hydrogens (tertiary/aromatic N) is 2. The van der Waals surface area contributed by atoms with Crippen LogP contribution in [-0.2, 0) is 13.2 Å². The molecule has 0 aliphatic heterocycles. The standard InChI is InChI=1S/C12H12BrN3O/c13-10-4-11(7-15-6-10)17-8-12-9(5-14)2-1-3-16-12/h1-4,6-7H,5,8,14H2. The van der Waals surface area contributed by atoms with Gasteiger partial charge in [0.1, 0.15) is 12.4 Å². The van der Waals surface area contributed by atoms with Crippen LogP contribution >= 0.6 is 15.9 Å². The van der Waals surface area contributed by atoms with Gasteiger partial charge in [0.05, 0.1) is 11.9 Å². The second-order valence-corrected chi connectivity index (χ2v) is 4.36. The summed E-state index contributed by atoms with van der Waals surface area (Å²) in [6.07, 6.45) is 5.10. The van der Waals surface area contributed by atoms with Crippen LogP contribution in [0.4, 0.5) is 0 Å². The van der Waals surface area contributed by atoms with Gasteiger partial charge in [-0.1, -0.05) is 6.07 Å². The molecule has 0 atom stereocenters. The highest BCUT2D eigenvalue weighted by molar-refractivity contribution is 9.10. The molecule has 2 aromatic heterocycles. The second kappa shape index (κ2) is 5.75. The summed E-state index contributed by atoms with van der Waals surface area (Å²) in [7, 11) is 0. The van der Waals surface area contributed by atoms with Gasteiger partial charge >= 0.3 is 0 Å². The molecule has 2 heterocycles. The molecule has 0 amide bonds. The first-order chi connectivity index (χ1) is 8.29. The molecule has 0 aromatic carbocycles. The van der Waals surface area contributed by atoms with Crippen LogP contribution in [0.5, 0.6) is 5.75 Å². The number of pyridine rings is 2. The van der Waals surface area contributed by atoms with Crippen LogP contribution in [0.1, 0.15) is 11.3 Å². The number of nitrogens with two attached hydrogens (primary N) is 1. The van der Waals surface area contributed by atoms with Crippen molar-refractivity contribution in [3.8, 4) is 5.75 Å². The first-order valence-electron chi connectivity index (χ1n) is 5.16. The minimum atomic E-state index is 0.394. The maximum atomic E-state index is 5.63. The summed E-state index contributed by atoms with van der Waals surface area (Å²) in [6, 6.07) is 5.68. The maximum absolute atomic E-state index is 5.63. The van der Waals surface area contributed by atoms with Gasteiger partial charge in [-0.05, 0) is 33.6 Å². The Morgan fingerprint density at radius 2 is 2.24 bits per heavy atom.